The van der Waals surface area contributed by atoms with Gasteiger partial charge in [-0.25, -0.2) is 0 Å². The summed E-state index contributed by atoms with van der Waals surface area (Å²) in [5.74, 6) is 2.20. The number of hydrogen-bond donors (Lipinski definition) is 1. The van der Waals surface area contributed by atoms with E-state index in [0.717, 1.165) is 43.1 Å². The molecule has 0 aliphatic carbocycles. The fourth-order valence-electron chi connectivity index (χ4n) is 2.83. The fraction of sp³-hybridized carbons (Fsp3) is 0.500. The number of nitrogens with zero attached hydrogens (tertiary/aromatic N) is 2. The van der Waals surface area contributed by atoms with Gasteiger partial charge in [0.2, 0.25) is 11.7 Å². The Morgan fingerprint density at radius 2 is 2.29 bits per heavy atom. The van der Waals surface area contributed by atoms with Crippen molar-refractivity contribution in [2.45, 2.75) is 32.1 Å². The zero-order chi connectivity index (χ0) is 14.7. The first-order valence-corrected chi connectivity index (χ1v) is 7.55. The highest BCUT2D eigenvalue weighted by Crippen LogP contribution is 2.34. The summed E-state index contributed by atoms with van der Waals surface area (Å²) in [6.07, 6.45) is 2.05. The predicted molar refractivity (Wildman–Crippen MR) is 80.4 cm³/mol. The molecule has 3 rings (SSSR count). The molecule has 0 radical (unpaired) electrons. The minimum atomic E-state index is -0.0111. The summed E-state index contributed by atoms with van der Waals surface area (Å²) in [6, 6.07) is 7.80. The Kier molecular flexibility index (Phi) is 3.92. The average molecular weight is 287 g/mol. The first-order valence-electron chi connectivity index (χ1n) is 7.55. The number of aromatic nitrogens is 2. The van der Waals surface area contributed by atoms with Crippen molar-refractivity contribution in [3.63, 3.8) is 0 Å². The molecule has 1 aromatic carbocycles. The van der Waals surface area contributed by atoms with E-state index in [-0.39, 0.29) is 5.41 Å². The molecule has 0 bridgehead atoms. The van der Waals surface area contributed by atoms with E-state index in [0.29, 0.717) is 12.4 Å². The molecular weight excluding hydrogens is 266 g/mol. The van der Waals surface area contributed by atoms with Crippen molar-refractivity contribution in [2.24, 2.45) is 0 Å². The van der Waals surface area contributed by atoms with E-state index in [1.165, 1.54) is 0 Å². The van der Waals surface area contributed by atoms with E-state index < -0.39 is 0 Å². The number of nitrogens with one attached hydrogen (secondary N) is 1. The molecular formula is C16H21N3O2. The Balaban J connectivity index is 1.89. The first kappa shape index (κ1) is 14.1. The van der Waals surface area contributed by atoms with E-state index >= 15 is 0 Å². The van der Waals surface area contributed by atoms with Gasteiger partial charge in [0, 0.05) is 12.1 Å². The highest BCUT2D eigenvalue weighted by atomic mass is 16.5. The largest absolute Gasteiger partial charge is 0.494 e. The molecule has 112 valence electrons. The van der Waals surface area contributed by atoms with Gasteiger partial charge in [0.15, 0.2) is 0 Å². The minimum absolute atomic E-state index is 0.0111. The van der Waals surface area contributed by atoms with Gasteiger partial charge in [-0.3, -0.25) is 0 Å². The molecule has 1 N–H and O–H groups in total. The van der Waals surface area contributed by atoms with E-state index in [9.17, 15) is 0 Å². The number of ether oxygens (including phenoxy) is 1. The van der Waals surface area contributed by atoms with E-state index in [1.807, 2.05) is 31.2 Å². The summed E-state index contributed by atoms with van der Waals surface area (Å²) in [4.78, 5) is 4.63. The summed E-state index contributed by atoms with van der Waals surface area (Å²) in [5, 5.41) is 7.55. The molecule has 2 heterocycles. The van der Waals surface area contributed by atoms with Crippen LogP contribution >= 0.6 is 0 Å². The van der Waals surface area contributed by atoms with Crippen LogP contribution in [-0.4, -0.2) is 29.8 Å². The van der Waals surface area contributed by atoms with E-state index in [1.54, 1.807) is 0 Å². The molecule has 1 aliphatic rings. The van der Waals surface area contributed by atoms with Gasteiger partial charge in [-0.15, -0.1) is 0 Å². The summed E-state index contributed by atoms with van der Waals surface area (Å²) in [5.41, 5.74) is 0.913. The van der Waals surface area contributed by atoms with E-state index in [4.69, 9.17) is 9.26 Å². The van der Waals surface area contributed by atoms with Gasteiger partial charge in [-0.2, -0.15) is 4.98 Å². The van der Waals surface area contributed by atoms with Crippen molar-refractivity contribution in [3.8, 4) is 17.1 Å². The quantitative estimate of drug-likeness (QED) is 0.916. The molecule has 1 atom stereocenters. The molecule has 1 fully saturated rings. The maximum atomic E-state index is 5.56. The second-order valence-corrected chi connectivity index (χ2v) is 5.44. The molecule has 0 amide bonds. The second kappa shape index (κ2) is 5.85. The van der Waals surface area contributed by atoms with Crippen LogP contribution in [0.4, 0.5) is 0 Å². The second-order valence-electron chi connectivity index (χ2n) is 5.44. The van der Waals surface area contributed by atoms with Crippen LogP contribution in [0.2, 0.25) is 0 Å². The lowest BCUT2D eigenvalue weighted by Crippen LogP contribution is -2.28. The monoisotopic (exact) mass is 287 g/mol. The zero-order valence-electron chi connectivity index (χ0n) is 12.6. The average Bonchev–Trinajstić information content (AvgIpc) is 3.18. The van der Waals surface area contributed by atoms with Crippen molar-refractivity contribution >= 4 is 0 Å². The maximum absolute atomic E-state index is 5.56. The molecule has 5 heteroatoms. The molecule has 0 saturated carbocycles. The topological polar surface area (TPSA) is 60.2 Å². The van der Waals surface area contributed by atoms with Crippen LogP contribution in [0.15, 0.2) is 28.8 Å². The van der Waals surface area contributed by atoms with Gasteiger partial charge in [0.05, 0.1) is 12.0 Å². The number of hydrogen-bond acceptors (Lipinski definition) is 5. The molecule has 5 nitrogen and oxygen atoms in total. The van der Waals surface area contributed by atoms with Gasteiger partial charge in [0.25, 0.3) is 0 Å². The van der Waals surface area contributed by atoms with Crippen LogP contribution in [0, 0.1) is 0 Å². The summed E-state index contributed by atoms with van der Waals surface area (Å²) >= 11 is 0. The van der Waals surface area contributed by atoms with Crippen molar-refractivity contribution in [3.05, 3.63) is 30.2 Å². The number of benzene rings is 1. The smallest absolute Gasteiger partial charge is 0.234 e. The van der Waals surface area contributed by atoms with Gasteiger partial charge in [-0.1, -0.05) is 24.2 Å². The Hall–Kier alpha value is -1.88. The van der Waals surface area contributed by atoms with Crippen LogP contribution in [0.25, 0.3) is 11.4 Å². The van der Waals surface area contributed by atoms with Crippen LogP contribution in [-0.2, 0) is 5.41 Å². The standard InChI is InChI=1S/C16H21N3O2/c1-3-16(8-9-17-11-16)15-18-14(19-21-15)12-6-5-7-13(10-12)20-4-2/h5-7,10,17H,3-4,8-9,11H2,1-2H3. The Labute approximate surface area is 124 Å². The molecule has 1 saturated heterocycles. The summed E-state index contributed by atoms with van der Waals surface area (Å²) in [7, 11) is 0. The maximum Gasteiger partial charge on any atom is 0.234 e. The first-order chi connectivity index (χ1) is 10.3. The third-order valence-electron chi connectivity index (χ3n) is 4.20. The lowest BCUT2D eigenvalue weighted by molar-refractivity contribution is 0.285. The highest BCUT2D eigenvalue weighted by Gasteiger charge is 2.39. The van der Waals surface area contributed by atoms with Gasteiger partial charge in [-0.05, 0) is 38.4 Å². The third kappa shape index (κ3) is 2.65. The van der Waals surface area contributed by atoms with Crippen LogP contribution < -0.4 is 10.1 Å². The lowest BCUT2D eigenvalue weighted by Gasteiger charge is -2.20. The Bertz CT molecular complexity index is 603. The zero-order valence-corrected chi connectivity index (χ0v) is 12.6. The highest BCUT2D eigenvalue weighted by molar-refractivity contribution is 5.57. The van der Waals surface area contributed by atoms with E-state index in [2.05, 4.69) is 22.4 Å². The van der Waals surface area contributed by atoms with Crippen molar-refractivity contribution in [1.82, 2.24) is 15.5 Å². The van der Waals surface area contributed by atoms with Gasteiger partial charge < -0.3 is 14.6 Å². The predicted octanol–water partition coefficient (Wildman–Crippen LogP) is 2.78. The SMILES string of the molecule is CCOc1cccc(-c2noc(C3(CC)CCNC3)n2)c1. The molecule has 21 heavy (non-hydrogen) atoms. The summed E-state index contributed by atoms with van der Waals surface area (Å²) < 4.78 is 11.1. The minimum Gasteiger partial charge on any atom is -0.494 e. The normalized spacial score (nSPS) is 21.6. The van der Waals surface area contributed by atoms with Gasteiger partial charge in [0.1, 0.15) is 5.75 Å². The van der Waals surface area contributed by atoms with Crippen molar-refractivity contribution in [2.75, 3.05) is 19.7 Å². The molecule has 1 unspecified atom stereocenters. The van der Waals surface area contributed by atoms with Crippen molar-refractivity contribution in [1.29, 1.82) is 0 Å². The fourth-order valence-corrected chi connectivity index (χ4v) is 2.83. The molecule has 0 spiro atoms. The summed E-state index contributed by atoms with van der Waals surface area (Å²) in [6.45, 7) is 6.70. The van der Waals surface area contributed by atoms with Crippen LogP contribution in [0.3, 0.4) is 0 Å². The number of rotatable bonds is 5. The lowest BCUT2D eigenvalue weighted by atomic mass is 9.84. The van der Waals surface area contributed by atoms with Crippen LogP contribution in [0.1, 0.15) is 32.6 Å². The third-order valence-corrected chi connectivity index (χ3v) is 4.20. The molecule has 1 aliphatic heterocycles. The van der Waals surface area contributed by atoms with Gasteiger partial charge >= 0.3 is 0 Å². The van der Waals surface area contributed by atoms with Crippen LogP contribution in [0.5, 0.6) is 5.75 Å². The molecule has 1 aromatic heterocycles. The Morgan fingerprint density at radius 1 is 1.38 bits per heavy atom. The van der Waals surface area contributed by atoms with Crippen molar-refractivity contribution < 1.29 is 9.26 Å². The molecule has 2 aromatic rings. The Morgan fingerprint density at radius 3 is 3.00 bits per heavy atom.